The first-order valence-electron chi connectivity index (χ1n) is 6.72. The number of aryl methyl sites for hydroxylation is 2. The van der Waals surface area contributed by atoms with Gasteiger partial charge in [0.05, 0.1) is 11.3 Å². The van der Waals surface area contributed by atoms with Crippen molar-refractivity contribution in [3.05, 3.63) is 46.7 Å². The van der Waals surface area contributed by atoms with Crippen LogP contribution in [0.5, 0.6) is 0 Å². The summed E-state index contributed by atoms with van der Waals surface area (Å²) in [7, 11) is 0. The summed E-state index contributed by atoms with van der Waals surface area (Å²) in [5.41, 5.74) is 1.54. The molecule has 2 aromatic rings. The second-order valence-electron chi connectivity index (χ2n) is 4.82. The summed E-state index contributed by atoms with van der Waals surface area (Å²) in [6.07, 6.45) is 5.66. The molecule has 6 nitrogen and oxygen atoms in total. The molecule has 0 bridgehead atoms. The molecule has 0 aliphatic heterocycles. The van der Waals surface area contributed by atoms with Crippen molar-refractivity contribution in [2.75, 3.05) is 0 Å². The highest BCUT2D eigenvalue weighted by atomic mass is 16.4. The van der Waals surface area contributed by atoms with E-state index in [0.29, 0.717) is 30.7 Å². The SMILES string of the molecule is CCn1nccc1/C=C1\CCc2occ(C(=O)O)c2C1=O. The van der Waals surface area contributed by atoms with Gasteiger partial charge in [-0.05, 0) is 25.5 Å². The number of Topliss-reactive ketones (excluding diaryl/α,β-unsaturated/α-hetero) is 1. The Kier molecular flexibility index (Phi) is 3.21. The van der Waals surface area contributed by atoms with E-state index in [9.17, 15) is 9.59 Å². The maximum atomic E-state index is 12.5. The van der Waals surface area contributed by atoms with Crippen molar-refractivity contribution in [1.29, 1.82) is 0 Å². The van der Waals surface area contributed by atoms with E-state index in [-0.39, 0.29) is 16.9 Å². The zero-order valence-electron chi connectivity index (χ0n) is 11.5. The normalized spacial score (nSPS) is 16.2. The number of carboxylic acids is 1. The zero-order valence-corrected chi connectivity index (χ0v) is 11.5. The van der Waals surface area contributed by atoms with Crippen molar-refractivity contribution >= 4 is 17.8 Å². The topological polar surface area (TPSA) is 85.3 Å². The van der Waals surface area contributed by atoms with Crippen LogP contribution in [-0.2, 0) is 13.0 Å². The number of carboxylic acid groups (broad SMARTS) is 1. The highest BCUT2D eigenvalue weighted by molar-refractivity contribution is 6.17. The van der Waals surface area contributed by atoms with Crippen LogP contribution in [-0.4, -0.2) is 26.6 Å². The summed E-state index contributed by atoms with van der Waals surface area (Å²) >= 11 is 0. The molecule has 0 fully saturated rings. The second-order valence-corrected chi connectivity index (χ2v) is 4.82. The zero-order chi connectivity index (χ0) is 15.0. The number of allylic oxidation sites excluding steroid dienone is 1. The molecular formula is C15H14N2O4. The van der Waals surface area contributed by atoms with Gasteiger partial charge in [-0.25, -0.2) is 4.79 Å². The number of carbonyl (C=O) groups is 2. The van der Waals surface area contributed by atoms with Crippen LogP contribution in [0.4, 0.5) is 0 Å². The van der Waals surface area contributed by atoms with Gasteiger partial charge in [-0.15, -0.1) is 0 Å². The molecule has 1 N–H and O–H groups in total. The van der Waals surface area contributed by atoms with Crippen molar-refractivity contribution in [3.63, 3.8) is 0 Å². The average Bonchev–Trinajstić information content (AvgIpc) is 3.08. The van der Waals surface area contributed by atoms with Gasteiger partial charge in [0.25, 0.3) is 0 Å². The number of carbonyl (C=O) groups excluding carboxylic acids is 1. The Morgan fingerprint density at radius 3 is 3.05 bits per heavy atom. The molecule has 0 saturated heterocycles. The molecule has 0 spiro atoms. The molecule has 108 valence electrons. The van der Waals surface area contributed by atoms with Crippen molar-refractivity contribution in [2.45, 2.75) is 26.3 Å². The molecule has 1 aliphatic rings. The number of aromatic carboxylic acids is 1. The number of fused-ring (bicyclic) bond motifs is 1. The number of furan rings is 1. The van der Waals surface area contributed by atoms with Crippen LogP contribution in [0.15, 0.2) is 28.5 Å². The van der Waals surface area contributed by atoms with E-state index < -0.39 is 5.97 Å². The molecule has 0 saturated carbocycles. The predicted octanol–water partition coefficient (Wildman–Crippen LogP) is 2.41. The number of nitrogens with zero attached hydrogens (tertiary/aromatic N) is 2. The molecule has 2 aromatic heterocycles. The Hall–Kier alpha value is -2.63. The van der Waals surface area contributed by atoms with Crippen molar-refractivity contribution < 1.29 is 19.1 Å². The highest BCUT2D eigenvalue weighted by Gasteiger charge is 2.30. The Labute approximate surface area is 120 Å². The Bertz CT molecular complexity index is 752. The van der Waals surface area contributed by atoms with Crippen LogP contribution in [0.25, 0.3) is 6.08 Å². The van der Waals surface area contributed by atoms with Gasteiger partial charge >= 0.3 is 5.97 Å². The maximum absolute atomic E-state index is 12.5. The van der Waals surface area contributed by atoms with E-state index in [1.807, 2.05) is 13.0 Å². The van der Waals surface area contributed by atoms with E-state index in [2.05, 4.69) is 5.10 Å². The van der Waals surface area contributed by atoms with E-state index in [0.717, 1.165) is 12.0 Å². The second kappa shape index (κ2) is 5.05. The summed E-state index contributed by atoms with van der Waals surface area (Å²) in [4.78, 5) is 23.7. The predicted molar refractivity (Wildman–Crippen MR) is 74.2 cm³/mol. The molecule has 1 aliphatic carbocycles. The van der Waals surface area contributed by atoms with Crippen LogP contribution < -0.4 is 0 Å². The first-order valence-corrected chi connectivity index (χ1v) is 6.72. The number of hydrogen-bond acceptors (Lipinski definition) is 4. The van der Waals surface area contributed by atoms with E-state index in [1.54, 1.807) is 17.0 Å². The minimum atomic E-state index is -1.15. The molecule has 0 unspecified atom stereocenters. The first-order chi connectivity index (χ1) is 10.1. The third kappa shape index (κ3) is 2.18. The van der Waals surface area contributed by atoms with Gasteiger partial charge in [-0.2, -0.15) is 5.10 Å². The molecule has 0 atom stereocenters. The van der Waals surface area contributed by atoms with E-state index in [1.165, 1.54) is 0 Å². The van der Waals surface area contributed by atoms with E-state index in [4.69, 9.17) is 9.52 Å². The van der Waals surface area contributed by atoms with Crippen LogP contribution in [0.3, 0.4) is 0 Å². The molecule has 0 amide bonds. The van der Waals surface area contributed by atoms with Crippen LogP contribution in [0.2, 0.25) is 0 Å². The third-order valence-electron chi connectivity index (χ3n) is 3.61. The fourth-order valence-electron chi connectivity index (χ4n) is 2.56. The van der Waals surface area contributed by atoms with Gasteiger partial charge < -0.3 is 9.52 Å². The first kappa shape index (κ1) is 13.4. The van der Waals surface area contributed by atoms with Gasteiger partial charge in [0.15, 0.2) is 5.78 Å². The van der Waals surface area contributed by atoms with Crippen molar-refractivity contribution in [2.24, 2.45) is 0 Å². The Morgan fingerprint density at radius 1 is 1.52 bits per heavy atom. The van der Waals surface area contributed by atoms with E-state index >= 15 is 0 Å². The lowest BCUT2D eigenvalue weighted by atomic mass is 9.89. The lowest BCUT2D eigenvalue weighted by Gasteiger charge is -2.13. The van der Waals surface area contributed by atoms with Crippen molar-refractivity contribution in [1.82, 2.24) is 9.78 Å². The largest absolute Gasteiger partial charge is 0.478 e. The van der Waals surface area contributed by atoms with Gasteiger partial charge in [0.2, 0.25) is 0 Å². The van der Waals surface area contributed by atoms with Crippen LogP contribution in [0.1, 0.15) is 45.5 Å². The molecule has 3 rings (SSSR count). The molecule has 0 aromatic carbocycles. The quantitative estimate of drug-likeness (QED) is 0.876. The molecular weight excluding hydrogens is 272 g/mol. The van der Waals surface area contributed by atoms with Crippen LogP contribution in [0, 0.1) is 0 Å². The van der Waals surface area contributed by atoms with Gasteiger partial charge in [-0.1, -0.05) is 0 Å². The molecule has 0 radical (unpaired) electrons. The lowest BCUT2D eigenvalue weighted by Crippen LogP contribution is -2.16. The number of hydrogen-bond donors (Lipinski definition) is 1. The average molecular weight is 286 g/mol. The third-order valence-corrected chi connectivity index (χ3v) is 3.61. The Morgan fingerprint density at radius 2 is 2.33 bits per heavy atom. The minimum Gasteiger partial charge on any atom is -0.478 e. The minimum absolute atomic E-state index is 0.0652. The monoisotopic (exact) mass is 286 g/mol. The standard InChI is InChI=1S/C15H14N2O4/c1-2-17-10(5-6-16-17)7-9-3-4-12-13(14(9)18)11(8-21-12)15(19)20/h5-8H,2-4H2,1H3,(H,19,20)/b9-7+. The number of rotatable bonds is 3. The molecule has 2 heterocycles. The van der Waals surface area contributed by atoms with Gasteiger partial charge in [0, 0.05) is 24.7 Å². The summed E-state index contributed by atoms with van der Waals surface area (Å²) in [6, 6.07) is 1.83. The van der Waals surface area contributed by atoms with Crippen molar-refractivity contribution in [3.8, 4) is 0 Å². The molecule has 21 heavy (non-hydrogen) atoms. The molecule has 6 heteroatoms. The lowest BCUT2D eigenvalue weighted by molar-refractivity contribution is 0.0692. The fraction of sp³-hybridized carbons (Fsp3) is 0.267. The Balaban J connectivity index is 2.02. The summed E-state index contributed by atoms with van der Waals surface area (Å²) in [5.74, 6) is -0.960. The summed E-state index contributed by atoms with van der Waals surface area (Å²) in [5, 5.41) is 13.3. The number of ketones is 1. The summed E-state index contributed by atoms with van der Waals surface area (Å²) in [6.45, 7) is 2.67. The number of aromatic nitrogens is 2. The maximum Gasteiger partial charge on any atom is 0.339 e. The van der Waals surface area contributed by atoms with Gasteiger partial charge in [0.1, 0.15) is 17.6 Å². The highest BCUT2D eigenvalue weighted by Crippen LogP contribution is 2.30. The smallest absolute Gasteiger partial charge is 0.339 e. The summed E-state index contributed by atoms with van der Waals surface area (Å²) < 4.78 is 6.98. The fourth-order valence-corrected chi connectivity index (χ4v) is 2.56. The van der Waals surface area contributed by atoms with Gasteiger partial charge in [-0.3, -0.25) is 9.48 Å². The van der Waals surface area contributed by atoms with Crippen LogP contribution >= 0.6 is 0 Å².